The molecule has 0 radical (unpaired) electrons. The number of rotatable bonds is 8. The lowest BCUT2D eigenvalue weighted by atomic mass is 10.0. The smallest absolute Gasteiger partial charge is 0.141 e. The summed E-state index contributed by atoms with van der Waals surface area (Å²) in [6.07, 6.45) is 2.03. The number of imidazole rings is 1. The third-order valence-electron chi connectivity index (χ3n) is 5.35. The quantitative estimate of drug-likeness (QED) is 0.254. The minimum absolute atomic E-state index is 0.545. The van der Waals surface area contributed by atoms with Crippen molar-refractivity contribution in [1.29, 1.82) is 0 Å². The predicted octanol–water partition coefficient (Wildman–Crippen LogP) is 7.45. The normalized spacial score (nSPS) is 11.3. The van der Waals surface area contributed by atoms with Gasteiger partial charge in [-0.05, 0) is 60.7 Å². The van der Waals surface area contributed by atoms with Crippen LogP contribution < -0.4 is 4.74 Å². The number of hydrogen-bond acceptors (Lipinski definition) is 2. The lowest BCUT2D eigenvalue weighted by molar-refractivity contribution is 0.303. The van der Waals surface area contributed by atoms with Crippen molar-refractivity contribution >= 4 is 27.0 Å². The van der Waals surface area contributed by atoms with E-state index >= 15 is 0 Å². The Bertz CT molecular complexity index is 1100. The molecule has 0 N–H and O–H groups in total. The number of nitrogens with zero attached hydrogens (tertiary/aromatic N) is 2. The molecule has 4 aromatic rings. The first-order valence-corrected chi connectivity index (χ1v) is 11.3. The van der Waals surface area contributed by atoms with Gasteiger partial charge in [-0.25, -0.2) is 4.98 Å². The van der Waals surface area contributed by atoms with Crippen molar-refractivity contribution < 1.29 is 4.74 Å². The van der Waals surface area contributed by atoms with Crippen molar-refractivity contribution in [3.8, 4) is 17.1 Å². The minimum Gasteiger partial charge on any atom is -0.494 e. The zero-order chi connectivity index (χ0) is 20.9. The standard InChI is InChI=1S/C26H27BrN2O/c1-19(2)20-11-15-23(16-12-20)30-18-6-5-17-29-25-8-4-3-7-24(25)28-26(29)21-9-13-22(27)14-10-21/h3-4,7-16,19H,5-6,17-18H2,1-2H3. The molecule has 0 saturated heterocycles. The first-order valence-electron chi connectivity index (χ1n) is 10.6. The Morgan fingerprint density at radius 2 is 1.63 bits per heavy atom. The van der Waals surface area contributed by atoms with Gasteiger partial charge in [-0.15, -0.1) is 0 Å². The Morgan fingerprint density at radius 3 is 2.37 bits per heavy atom. The highest BCUT2D eigenvalue weighted by molar-refractivity contribution is 9.10. The van der Waals surface area contributed by atoms with Gasteiger partial charge in [-0.2, -0.15) is 0 Å². The number of fused-ring (bicyclic) bond motifs is 1. The molecule has 1 heterocycles. The summed E-state index contributed by atoms with van der Waals surface area (Å²) in [7, 11) is 0. The van der Waals surface area contributed by atoms with Gasteiger partial charge in [0.05, 0.1) is 17.6 Å². The molecule has 0 amide bonds. The van der Waals surface area contributed by atoms with Crippen molar-refractivity contribution in [3.63, 3.8) is 0 Å². The van der Waals surface area contributed by atoms with Gasteiger partial charge in [0.15, 0.2) is 0 Å². The molecule has 1 aromatic heterocycles. The molecule has 0 spiro atoms. The van der Waals surface area contributed by atoms with Crippen LogP contribution in [0.4, 0.5) is 0 Å². The third-order valence-corrected chi connectivity index (χ3v) is 5.88. The second-order valence-electron chi connectivity index (χ2n) is 7.86. The number of ether oxygens (including phenoxy) is 1. The van der Waals surface area contributed by atoms with Crippen LogP contribution in [0, 0.1) is 0 Å². The lowest BCUT2D eigenvalue weighted by Crippen LogP contribution is -2.04. The van der Waals surface area contributed by atoms with E-state index in [0.717, 1.165) is 53.1 Å². The number of unbranched alkanes of at least 4 members (excludes halogenated alkanes) is 1. The number of para-hydroxylation sites is 2. The van der Waals surface area contributed by atoms with Crippen LogP contribution >= 0.6 is 15.9 Å². The van der Waals surface area contributed by atoms with E-state index < -0.39 is 0 Å². The minimum atomic E-state index is 0.545. The van der Waals surface area contributed by atoms with Crippen molar-refractivity contribution in [2.75, 3.05) is 6.61 Å². The summed E-state index contributed by atoms with van der Waals surface area (Å²) in [6.45, 7) is 6.05. The number of halogens is 1. The van der Waals surface area contributed by atoms with E-state index in [1.54, 1.807) is 0 Å². The summed E-state index contributed by atoms with van der Waals surface area (Å²) in [5, 5.41) is 0. The van der Waals surface area contributed by atoms with Crippen molar-refractivity contribution in [3.05, 3.63) is 82.8 Å². The Hall–Kier alpha value is -2.59. The van der Waals surface area contributed by atoms with Gasteiger partial charge in [0.25, 0.3) is 0 Å². The van der Waals surface area contributed by atoms with Crippen LogP contribution in [0.25, 0.3) is 22.4 Å². The van der Waals surface area contributed by atoms with Gasteiger partial charge in [-0.3, -0.25) is 0 Å². The Labute approximate surface area is 186 Å². The molecule has 4 heteroatoms. The molecule has 0 saturated carbocycles. The number of benzene rings is 3. The van der Waals surface area contributed by atoms with E-state index in [4.69, 9.17) is 9.72 Å². The van der Waals surface area contributed by atoms with Crippen LogP contribution in [0.5, 0.6) is 5.75 Å². The summed E-state index contributed by atoms with van der Waals surface area (Å²) in [5.74, 6) is 2.51. The Morgan fingerprint density at radius 1 is 0.900 bits per heavy atom. The Balaban J connectivity index is 1.41. The number of hydrogen-bond donors (Lipinski definition) is 0. The van der Waals surface area contributed by atoms with E-state index in [1.807, 2.05) is 6.07 Å². The molecule has 3 aromatic carbocycles. The van der Waals surface area contributed by atoms with Crippen LogP contribution in [0.2, 0.25) is 0 Å². The molecule has 0 aliphatic heterocycles. The van der Waals surface area contributed by atoms with E-state index in [1.165, 1.54) is 11.1 Å². The van der Waals surface area contributed by atoms with Crippen LogP contribution in [0.3, 0.4) is 0 Å². The molecule has 0 atom stereocenters. The fourth-order valence-electron chi connectivity index (χ4n) is 3.63. The average molecular weight is 463 g/mol. The molecule has 0 aliphatic carbocycles. The first-order chi connectivity index (χ1) is 14.6. The second kappa shape index (κ2) is 9.48. The third kappa shape index (κ3) is 4.76. The summed E-state index contributed by atoms with van der Waals surface area (Å²) >= 11 is 3.52. The molecular formula is C26H27BrN2O. The van der Waals surface area contributed by atoms with Crippen molar-refractivity contribution in [1.82, 2.24) is 9.55 Å². The molecule has 0 fully saturated rings. The largest absolute Gasteiger partial charge is 0.494 e. The average Bonchev–Trinajstić information content (AvgIpc) is 3.13. The van der Waals surface area contributed by atoms with E-state index in [9.17, 15) is 0 Å². The van der Waals surface area contributed by atoms with E-state index in [-0.39, 0.29) is 0 Å². The van der Waals surface area contributed by atoms with Crippen molar-refractivity contribution in [2.24, 2.45) is 0 Å². The predicted molar refractivity (Wildman–Crippen MR) is 128 cm³/mol. The summed E-state index contributed by atoms with van der Waals surface area (Å²) in [4.78, 5) is 4.90. The van der Waals surface area contributed by atoms with Crippen molar-refractivity contribution in [2.45, 2.75) is 39.2 Å². The van der Waals surface area contributed by atoms with Gasteiger partial charge in [0.1, 0.15) is 11.6 Å². The first kappa shape index (κ1) is 20.7. The van der Waals surface area contributed by atoms with Crippen LogP contribution in [0.15, 0.2) is 77.3 Å². The van der Waals surface area contributed by atoms with Gasteiger partial charge < -0.3 is 9.30 Å². The van der Waals surface area contributed by atoms with E-state index in [0.29, 0.717) is 5.92 Å². The molecule has 4 rings (SSSR count). The topological polar surface area (TPSA) is 27.1 Å². The summed E-state index contributed by atoms with van der Waals surface area (Å²) in [6, 6.07) is 25.2. The van der Waals surface area contributed by atoms with E-state index in [2.05, 4.69) is 101 Å². The maximum atomic E-state index is 5.95. The number of aryl methyl sites for hydroxylation is 1. The summed E-state index contributed by atoms with van der Waals surface area (Å²) in [5.41, 5.74) is 4.70. The lowest BCUT2D eigenvalue weighted by Gasteiger charge is -2.11. The molecular weight excluding hydrogens is 436 g/mol. The fourth-order valence-corrected chi connectivity index (χ4v) is 3.90. The van der Waals surface area contributed by atoms with Crippen LogP contribution in [-0.4, -0.2) is 16.2 Å². The van der Waals surface area contributed by atoms with Gasteiger partial charge in [0, 0.05) is 16.6 Å². The van der Waals surface area contributed by atoms with Gasteiger partial charge >= 0.3 is 0 Å². The zero-order valence-corrected chi connectivity index (χ0v) is 19.1. The molecule has 0 unspecified atom stereocenters. The number of aromatic nitrogens is 2. The maximum Gasteiger partial charge on any atom is 0.141 e. The zero-order valence-electron chi connectivity index (χ0n) is 17.5. The maximum absolute atomic E-state index is 5.95. The molecule has 0 bridgehead atoms. The summed E-state index contributed by atoms with van der Waals surface area (Å²) < 4.78 is 9.35. The Kier molecular flexibility index (Phi) is 6.53. The highest BCUT2D eigenvalue weighted by atomic mass is 79.9. The van der Waals surface area contributed by atoms with Crippen LogP contribution in [0.1, 0.15) is 38.2 Å². The highest BCUT2D eigenvalue weighted by Gasteiger charge is 2.12. The molecule has 30 heavy (non-hydrogen) atoms. The molecule has 154 valence electrons. The molecule has 3 nitrogen and oxygen atoms in total. The SMILES string of the molecule is CC(C)c1ccc(OCCCCn2c(-c3ccc(Br)cc3)nc3ccccc32)cc1. The molecule has 0 aliphatic rings. The monoisotopic (exact) mass is 462 g/mol. The highest BCUT2D eigenvalue weighted by Crippen LogP contribution is 2.26. The second-order valence-corrected chi connectivity index (χ2v) is 8.78. The van der Waals surface area contributed by atoms with Crippen LogP contribution in [-0.2, 0) is 6.54 Å². The van der Waals surface area contributed by atoms with Gasteiger partial charge in [0.2, 0.25) is 0 Å². The van der Waals surface area contributed by atoms with Gasteiger partial charge in [-0.1, -0.05) is 66.2 Å². The fraction of sp³-hybridized carbons (Fsp3) is 0.269.